The fraction of sp³-hybridized carbons (Fsp3) is 0.560. The van der Waals surface area contributed by atoms with E-state index in [1.807, 2.05) is 58.1 Å². The number of rotatable bonds is 11. The van der Waals surface area contributed by atoms with E-state index in [1.165, 1.54) is 16.3 Å². The van der Waals surface area contributed by atoms with Gasteiger partial charge < -0.3 is 29.0 Å². The van der Waals surface area contributed by atoms with Crippen molar-refractivity contribution in [3.63, 3.8) is 0 Å². The lowest BCUT2D eigenvalue weighted by atomic mass is 9.84. The largest absolute Gasteiger partial charge is 0.464 e. The summed E-state index contributed by atoms with van der Waals surface area (Å²) < 4.78 is 20.4. The monoisotopic (exact) mass is 922 g/mol. The second-order valence-electron chi connectivity index (χ2n) is 19.2. The first-order valence-corrected chi connectivity index (χ1v) is 24.0. The number of aryl methyl sites for hydroxylation is 1. The summed E-state index contributed by atoms with van der Waals surface area (Å²) in [5.41, 5.74) is 8.98. The molecule has 0 saturated carbocycles. The Morgan fingerprint density at radius 1 is 1.17 bits per heavy atom. The lowest BCUT2D eigenvalue weighted by Crippen LogP contribution is -2.61. The van der Waals surface area contributed by atoms with Crippen LogP contribution in [-0.2, 0) is 52.8 Å². The summed E-state index contributed by atoms with van der Waals surface area (Å²) in [6, 6.07) is 8.74. The smallest absolute Gasteiger partial charge is 0.324 e. The van der Waals surface area contributed by atoms with Crippen LogP contribution in [0.2, 0.25) is 0 Å². The fourth-order valence-corrected chi connectivity index (χ4v) is 9.44. The maximum absolute atomic E-state index is 14.5. The second kappa shape index (κ2) is 20.4. The maximum Gasteiger partial charge on any atom is 0.324 e. The Kier molecular flexibility index (Phi) is 15.0. The Bertz CT molecular complexity index is 2500. The number of nitrogens with zero attached hydrogens (tertiary/aromatic N) is 6. The molecule has 2 saturated heterocycles. The molecule has 3 aromatic heterocycles. The fourth-order valence-electron chi connectivity index (χ4n) is 8.59. The second-order valence-corrected chi connectivity index (χ2v) is 20.2. The minimum atomic E-state index is -0.981. The van der Waals surface area contributed by atoms with E-state index in [2.05, 4.69) is 72.2 Å². The van der Waals surface area contributed by atoms with E-state index in [4.69, 9.17) is 24.2 Å². The summed E-state index contributed by atoms with van der Waals surface area (Å²) in [5, 5.41) is 8.26. The Morgan fingerprint density at radius 2 is 1.94 bits per heavy atom. The summed E-state index contributed by atoms with van der Waals surface area (Å²) in [5.74, 6) is 3.88. The molecule has 0 spiro atoms. The number of thiazole rings is 1. The number of carbonyl (C=O) groups is 4. The quantitative estimate of drug-likeness (QED) is 0.138. The molecule has 354 valence electrons. The molecular formula is C50H66N8O7S. The average molecular weight is 923 g/mol. The van der Waals surface area contributed by atoms with E-state index in [0.717, 1.165) is 44.7 Å². The van der Waals surface area contributed by atoms with Gasteiger partial charge in [-0.2, -0.15) is 0 Å². The van der Waals surface area contributed by atoms with Crippen molar-refractivity contribution in [2.45, 2.75) is 117 Å². The summed E-state index contributed by atoms with van der Waals surface area (Å²) in [6.07, 6.45) is 3.60. The van der Waals surface area contributed by atoms with Crippen molar-refractivity contribution in [1.29, 1.82) is 0 Å². The molecule has 3 aliphatic heterocycles. The van der Waals surface area contributed by atoms with E-state index in [0.29, 0.717) is 56.9 Å². The number of aromatic nitrogens is 3. The molecule has 0 unspecified atom stereocenters. The van der Waals surface area contributed by atoms with Crippen molar-refractivity contribution in [3.8, 4) is 34.4 Å². The molecule has 4 atom stereocenters. The van der Waals surface area contributed by atoms with Crippen LogP contribution in [0.15, 0.2) is 41.9 Å². The SMILES string of the molecule is CC[C@H](COC1CN(C(=O)C#CC(C)(C)N(C)C)C1)C(=O)N[C@H]1Cc2nc(cs2)-c2ccc3c(c2)c(c(-c2cccnc2[C@H](C)OC)n3CC)CC(C)(C)COC(=O)[C@@H]2CCCN(N2)C1=O. The minimum absolute atomic E-state index is 0.127. The number of cyclic esters (lactones) is 1. The van der Waals surface area contributed by atoms with E-state index >= 15 is 0 Å². The molecule has 7 rings (SSSR count). The highest BCUT2D eigenvalue weighted by atomic mass is 32.1. The number of ether oxygens (including phenoxy) is 3. The predicted molar refractivity (Wildman–Crippen MR) is 255 cm³/mol. The summed E-state index contributed by atoms with van der Waals surface area (Å²) in [6.45, 7) is 16.3. The van der Waals surface area contributed by atoms with E-state index in [1.54, 1.807) is 18.2 Å². The van der Waals surface area contributed by atoms with Gasteiger partial charge in [0.1, 0.15) is 12.1 Å². The minimum Gasteiger partial charge on any atom is -0.464 e. The number of carbonyl (C=O) groups excluding carboxylic acids is 4. The maximum atomic E-state index is 14.5. The molecule has 16 heteroatoms. The van der Waals surface area contributed by atoms with Crippen molar-refractivity contribution < 1.29 is 33.4 Å². The zero-order chi connectivity index (χ0) is 47.5. The number of likely N-dealkylation sites (tertiary alicyclic amines) is 1. The third kappa shape index (κ3) is 10.7. The number of benzene rings is 1. The zero-order valence-corrected chi connectivity index (χ0v) is 41.0. The Morgan fingerprint density at radius 3 is 2.65 bits per heavy atom. The van der Waals surface area contributed by atoms with Gasteiger partial charge in [-0.3, -0.25) is 34.1 Å². The van der Waals surface area contributed by atoms with E-state index < -0.39 is 34.9 Å². The first-order chi connectivity index (χ1) is 31.4. The number of hydrogen-bond donors (Lipinski definition) is 2. The lowest BCUT2D eigenvalue weighted by Gasteiger charge is -2.38. The molecule has 1 aromatic carbocycles. The molecule has 2 fully saturated rings. The van der Waals surface area contributed by atoms with Crippen LogP contribution in [-0.4, -0.2) is 131 Å². The van der Waals surface area contributed by atoms with Crippen molar-refractivity contribution in [1.82, 2.24) is 40.1 Å². The van der Waals surface area contributed by atoms with Crippen LogP contribution in [0.3, 0.4) is 0 Å². The topological polar surface area (TPSA) is 160 Å². The third-order valence-electron chi connectivity index (χ3n) is 13.3. The highest BCUT2D eigenvalue weighted by Gasteiger charge is 2.37. The van der Waals surface area contributed by atoms with Crippen molar-refractivity contribution >= 4 is 45.9 Å². The number of fused-ring (bicyclic) bond motifs is 6. The molecule has 0 radical (unpaired) electrons. The van der Waals surface area contributed by atoms with Gasteiger partial charge in [0, 0.05) is 78.7 Å². The van der Waals surface area contributed by atoms with Gasteiger partial charge in [-0.15, -0.1) is 11.3 Å². The van der Waals surface area contributed by atoms with Gasteiger partial charge in [-0.25, -0.2) is 10.4 Å². The summed E-state index contributed by atoms with van der Waals surface area (Å²) in [7, 11) is 5.53. The third-order valence-corrected chi connectivity index (χ3v) is 14.2. The molecule has 66 heavy (non-hydrogen) atoms. The number of amides is 3. The number of methoxy groups -OCH3 is 1. The highest BCUT2D eigenvalue weighted by Crippen LogP contribution is 2.42. The van der Waals surface area contributed by atoms with Gasteiger partial charge >= 0.3 is 5.97 Å². The zero-order valence-electron chi connectivity index (χ0n) is 40.2. The Hall–Kier alpha value is -5.18. The first-order valence-electron chi connectivity index (χ1n) is 23.2. The van der Waals surface area contributed by atoms with E-state index in [-0.39, 0.29) is 49.6 Å². The van der Waals surface area contributed by atoms with Crippen molar-refractivity contribution in [2.75, 3.05) is 54.1 Å². The van der Waals surface area contributed by atoms with Crippen LogP contribution in [0, 0.1) is 23.2 Å². The summed E-state index contributed by atoms with van der Waals surface area (Å²) in [4.78, 5) is 68.6. The van der Waals surface area contributed by atoms with Gasteiger partial charge in [-0.1, -0.05) is 32.8 Å². The van der Waals surface area contributed by atoms with Crippen molar-refractivity contribution in [2.24, 2.45) is 11.3 Å². The number of hydrogen-bond acceptors (Lipinski definition) is 12. The Balaban J connectivity index is 1.17. The van der Waals surface area contributed by atoms with Gasteiger partial charge in [0.15, 0.2) is 0 Å². The molecule has 3 amide bonds. The van der Waals surface area contributed by atoms with Crippen LogP contribution >= 0.6 is 11.3 Å². The van der Waals surface area contributed by atoms with Crippen LogP contribution in [0.25, 0.3) is 33.4 Å². The number of hydrazine groups is 1. The molecule has 0 aliphatic carbocycles. The molecule has 4 aromatic rings. The molecule has 3 aliphatic rings. The van der Waals surface area contributed by atoms with Gasteiger partial charge in [0.05, 0.1) is 59.0 Å². The number of pyridine rings is 1. The predicted octanol–water partition coefficient (Wildman–Crippen LogP) is 5.80. The molecule has 6 bridgehead atoms. The first kappa shape index (κ1) is 48.7. The van der Waals surface area contributed by atoms with Gasteiger partial charge in [-0.05, 0) is 103 Å². The summed E-state index contributed by atoms with van der Waals surface area (Å²) >= 11 is 1.44. The molecule has 15 nitrogen and oxygen atoms in total. The average Bonchev–Trinajstić information content (AvgIpc) is 3.88. The van der Waals surface area contributed by atoms with Gasteiger partial charge in [0.25, 0.3) is 11.8 Å². The van der Waals surface area contributed by atoms with Crippen molar-refractivity contribution in [3.05, 3.63) is 58.2 Å². The normalized spacial score (nSPS) is 20.2. The van der Waals surface area contributed by atoms with Crippen LogP contribution < -0.4 is 10.7 Å². The lowest BCUT2D eigenvalue weighted by molar-refractivity contribution is -0.155. The Labute approximate surface area is 392 Å². The standard InChI is InChI=1S/C50H66N8O7S/c1-11-32(28-64-34-26-56(27-34)43(59)19-20-50(6,7)55(8)9)46(60)53-39-24-42-52-40(29-66-42)33-17-18-41-36(23-33)37(45(57(41)12-2)35-15-13-21-51-44(35)31(3)63-10)25-49(4,5)30-65-48(62)38-16-14-22-58(54-38)47(39)61/h13,15,17-18,21,23,29,31-32,34,38-39,54H,11-12,14,16,22,24-28,30H2,1-10H3,(H,53,60)/t31-,32+,38-,39-/m0/s1. The molecule has 2 N–H and O–H groups in total. The molecular weight excluding hydrogens is 857 g/mol. The number of esters is 1. The van der Waals surface area contributed by atoms with Crippen LogP contribution in [0.1, 0.15) is 90.1 Å². The highest BCUT2D eigenvalue weighted by molar-refractivity contribution is 7.10. The number of nitrogens with one attached hydrogen (secondary N) is 2. The van der Waals surface area contributed by atoms with E-state index in [9.17, 15) is 19.2 Å². The van der Waals surface area contributed by atoms with Gasteiger partial charge in [0.2, 0.25) is 5.91 Å². The molecule has 6 heterocycles. The van der Waals surface area contributed by atoms with Crippen LogP contribution in [0.5, 0.6) is 0 Å². The van der Waals surface area contributed by atoms with Crippen LogP contribution in [0.4, 0.5) is 0 Å².